The van der Waals surface area contributed by atoms with Crippen LogP contribution in [0.2, 0.25) is 0 Å². The minimum atomic E-state index is -3.47. The molecular formula is C12H19N5O2S. The molecule has 0 amide bonds. The van der Waals surface area contributed by atoms with Gasteiger partial charge < -0.3 is 5.73 Å². The fourth-order valence-electron chi connectivity index (χ4n) is 2.11. The summed E-state index contributed by atoms with van der Waals surface area (Å²) in [7, 11) is -3.47. The lowest BCUT2D eigenvalue weighted by atomic mass is 10.3. The maximum absolute atomic E-state index is 12.5. The van der Waals surface area contributed by atoms with Crippen molar-refractivity contribution in [3.05, 3.63) is 18.2 Å². The van der Waals surface area contributed by atoms with Crippen LogP contribution in [0, 0.1) is 0 Å². The van der Waals surface area contributed by atoms with Gasteiger partial charge in [-0.15, -0.1) is 5.10 Å². The van der Waals surface area contributed by atoms with E-state index < -0.39 is 10.0 Å². The highest BCUT2D eigenvalue weighted by atomic mass is 32.2. The van der Waals surface area contributed by atoms with Crippen LogP contribution >= 0.6 is 0 Å². The van der Waals surface area contributed by atoms with Gasteiger partial charge in [0.15, 0.2) is 0 Å². The van der Waals surface area contributed by atoms with Crippen molar-refractivity contribution in [3.63, 3.8) is 0 Å². The number of rotatable bonds is 6. The number of fused-ring (bicyclic) bond motifs is 1. The fraction of sp³-hybridized carbons (Fsp3) is 0.500. The number of sulfonamides is 1. The molecule has 1 heterocycles. The Morgan fingerprint density at radius 3 is 2.60 bits per heavy atom. The zero-order valence-corrected chi connectivity index (χ0v) is 12.5. The third-order valence-electron chi connectivity index (χ3n) is 3.17. The Kier molecular flexibility index (Phi) is 4.36. The topological polar surface area (TPSA) is 94.1 Å². The number of nitrogens with two attached hydrogens (primary N) is 1. The van der Waals surface area contributed by atoms with Gasteiger partial charge in [-0.2, -0.15) is 4.31 Å². The van der Waals surface area contributed by atoms with E-state index >= 15 is 0 Å². The molecule has 110 valence electrons. The second kappa shape index (κ2) is 5.86. The summed E-state index contributed by atoms with van der Waals surface area (Å²) < 4.78 is 28.0. The molecule has 0 aliphatic carbocycles. The zero-order valence-electron chi connectivity index (χ0n) is 11.7. The highest BCUT2D eigenvalue weighted by Crippen LogP contribution is 2.20. The molecule has 8 heteroatoms. The van der Waals surface area contributed by atoms with E-state index in [2.05, 4.69) is 10.3 Å². The number of benzene rings is 1. The molecule has 2 aromatic rings. The maximum atomic E-state index is 12.5. The molecule has 0 atom stereocenters. The third-order valence-corrected chi connectivity index (χ3v) is 5.22. The number of hydrogen-bond acceptors (Lipinski definition) is 5. The van der Waals surface area contributed by atoms with Gasteiger partial charge in [-0.25, -0.2) is 13.1 Å². The summed E-state index contributed by atoms with van der Waals surface area (Å²) in [6, 6.07) is 4.85. The molecule has 2 rings (SSSR count). The minimum absolute atomic E-state index is 0.259. The Labute approximate surface area is 118 Å². The standard InChI is InChI=1S/C12H19N5O2S/c1-3-16(4-2)20(18,19)10-5-6-11-12(9-10)17(8-7-13)15-14-11/h5-6,9H,3-4,7-8,13H2,1-2H3. The second-order valence-electron chi connectivity index (χ2n) is 4.34. The van der Waals surface area contributed by atoms with Crippen molar-refractivity contribution in [2.24, 2.45) is 5.73 Å². The fourth-order valence-corrected chi connectivity index (χ4v) is 3.58. The van der Waals surface area contributed by atoms with Crippen molar-refractivity contribution in [2.45, 2.75) is 25.3 Å². The molecule has 0 spiro atoms. The van der Waals surface area contributed by atoms with Crippen LogP contribution in [-0.2, 0) is 16.6 Å². The Balaban J connectivity index is 2.52. The van der Waals surface area contributed by atoms with Crippen LogP contribution in [-0.4, -0.2) is 47.4 Å². The van der Waals surface area contributed by atoms with E-state index in [9.17, 15) is 8.42 Å². The number of aromatic nitrogens is 3. The first-order valence-corrected chi connectivity index (χ1v) is 8.02. The van der Waals surface area contributed by atoms with E-state index in [1.807, 2.05) is 13.8 Å². The molecule has 0 saturated carbocycles. The summed E-state index contributed by atoms with van der Waals surface area (Å²) in [4.78, 5) is 0.259. The molecule has 0 unspecified atom stereocenters. The predicted molar refractivity (Wildman–Crippen MR) is 76.7 cm³/mol. The summed E-state index contributed by atoms with van der Waals surface area (Å²) in [5, 5.41) is 7.97. The third kappa shape index (κ3) is 2.54. The van der Waals surface area contributed by atoms with Crippen LogP contribution in [0.5, 0.6) is 0 Å². The molecule has 0 radical (unpaired) electrons. The largest absolute Gasteiger partial charge is 0.329 e. The molecule has 1 aromatic heterocycles. The van der Waals surface area contributed by atoms with Gasteiger partial charge in [0.25, 0.3) is 0 Å². The van der Waals surface area contributed by atoms with Crippen molar-refractivity contribution in [1.29, 1.82) is 0 Å². The lowest BCUT2D eigenvalue weighted by Gasteiger charge is -2.18. The Morgan fingerprint density at radius 2 is 2.00 bits per heavy atom. The molecule has 2 N–H and O–H groups in total. The summed E-state index contributed by atoms with van der Waals surface area (Å²) >= 11 is 0. The molecule has 0 saturated heterocycles. The van der Waals surface area contributed by atoms with E-state index in [1.165, 1.54) is 4.31 Å². The van der Waals surface area contributed by atoms with Gasteiger partial charge in [-0.1, -0.05) is 19.1 Å². The van der Waals surface area contributed by atoms with Gasteiger partial charge in [-0.05, 0) is 18.2 Å². The average Bonchev–Trinajstić information content (AvgIpc) is 2.83. The van der Waals surface area contributed by atoms with Crippen LogP contribution in [0.25, 0.3) is 11.0 Å². The van der Waals surface area contributed by atoms with Crippen LogP contribution in [0.1, 0.15) is 13.8 Å². The number of hydrogen-bond donors (Lipinski definition) is 1. The Hall–Kier alpha value is -1.51. The Morgan fingerprint density at radius 1 is 1.30 bits per heavy atom. The first-order valence-electron chi connectivity index (χ1n) is 6.58. The quantitative estimate of drug-likeness (QED) is 0.834. The van der Waals surface area contributed by atoms with E-state index in [0.717, 1.165) is 0 Å². The van der Waals surface area contributed by atoms with E-state index in [0.29, 0.717) is 37.2 Å². The van der Waals surface area contributed by atoms with Crippen LogP contribution in [0.3, 0.4) is 0 Å². The van der Waals surface area contributed by atoms with Gasteiger partial charge >= 0.3 is 0 Å². The molecule has 1 aromatic carbocycles. The second-order valence-corrected chi connectivity index (χ2v) is 6.28. The predicted octanol–water partition coefficient (Wildman–Crippen LogP) is 0.420. The molecule has 0 bridgehead atoms. The smallest absolute Gasteiger partial charge is 0.243 e. The summed E-state index contributed by atoms with van der Waals surface area (Å²) in [5.74, 6) is 0. The molecule has 0 aliphatic heterocycles. The SMILES string of the molecule is CCN(CC)S(=O)(=O)c1ccc2nnn(CCN)c2c1. The molecule has 7 nitrogen and oxygen atoms in total. The van der Waals surface area contributed by atoms with Crippen molar-refractivity contribution in [3.8, 4) is 0 Å². The zero-order chi connectivity index (χ0) is 14.8. The van der Waals surface area contributed by atoms with Gasteiger partial charge in [-0.3, -0.25) is 0 Å². The Bertz CT molecular complexity index is 691. The van der Waals surface area contributed by atoms with Crippen molar-refractivity contribution in [1.82, 2.24) is 19.3 Å². The summed E-state index contributed by atoms with van der Waals surface area (Å²) in [6.07, 6.45) is 0. The lowest BCUT2D eigenvalue weighted by Crippen LogP contribution is -2.30. The van der Waals surface area contributed by atoms with Gasteiger partial charge in [0.2, 0.25) is 10.0 Å². The van der Waals surface area contributed by atoms with E-state index in [-0.39, 0.29) is 4.90 Å². The van der Waals surface area contributed by atoms with Gasteiger partial charge in [0, 0.05) is 19.6 Å². The van der Waals surface area contributed by atoms with Gasteiger partial charge in [0.1, 0.15) is 5.52 Å². The van der Waals surface area contributed by atoms with Gasteiger partial charge in [0.05, 0.1) is 17.0 Å². The van der Waals surface area contributed by atoms with Crippen LogP contribution in [0.15, 0.2) is 23.1 Å². The van der Waals surface area contributed by atoms with E-state index in [4.69, 9.17) is 5.73 Å². The monoisotopic (exact) mass is 297 g/mol. The first-order chi connectivity index (χ1) is 9.54. The van der Waals surface area contributed by atoms with Crippen molar-refractivity contribution in [2.75, 3.05) is 19.6 Å². The van der Waals surface area contributed by atoms with Crippen molar-refractivity contribution < 1.29 is 8.42 Å². The summed E-state index contributed by atoms with van der Waals surface area (Å²) in [6.45, 7) is 5.45. The summed E-state index contributed by atoms with van der Waals surface area (Å²) in [5.41, 5.74) is 6.86. The average molecular weight is 297 g/mol. The number of nitrogens with zero attached hydrogens (tertiary/aromatic N) is 4. The molecular weight excluding hydrogens is 278 g/mol. The van der Waals surface area contributed by atoms with E-state index in [1.54, 1.807) is 22.9 Å². The lowest BCUT2D eigenvalue weighted by molar-refractivity contribution is 0.445. The molecule has 0 aliphatic rings. The first kappa shape index (κ1) is 14.9. The van der Waals surface area contributed by atoms with Crippen molar-refractivity contribution >= 4 is 21.1 Å². The maximum Gasteiger partial charge on any atom is 0.243 e. The highest BCUT2D eigenvalue weighted by molar-refractivity contribution is 7.89. The minimum Gasteiger partial charge on any atom is -0.329 e. The molecule has 0 fully saturated rings. The molecule has 20 heavy (non-hydrogen) atoms. The normalized spacial score (nSPS) is 12.4. The highest BCUT2D eigenvalue weighted by Gasteiger charge is 2.22. The van der Waals surface area contributed by atoms with Crippen LogP contribution in [0.4, 0.5) is 0 Å². The van der Waals surface area contributed by atoms with Crippen LogP contribution < -0.4 is 5.73 Å².